The van der Waals surface area contributed by atoms with Crippen LogP contribution in [-0.2, 0) is 6.61 Å². The zero-order chi connectivity index (χ0) is 21.8. The zero-order valence-corrected chi connectivity index (χ0v) is 17.7. The van der Waals surface area contributed by atoms with Crippen LogP contribution in [-0.4, -0.2) is 66.1 Å². The van der Waals surface area contributed by atoms with Crippen LogP contribution in [0, 0.1) is 0 Å². The highest BCUT2D eigenvalue weighted by molar-refractivity contribution is 5.93. The molecule has 0 bridgehead atoms. The van der Waals surface area contributed by atoms with Crippen LogP contribution in [0.3, 0.4) is 0 Å². The highest BCUT2D eigenvalue weighted by Gasteiger charge is 2.26. The van der Waals surface area contributed by atoms with Gasteiger partial charge >= 0.3 is 0 Å². The van der Waals surface area contributed by atoms with Crippen LogP contribution < -0.4 is 14.4 Å². The highest BCUT2D eigenvalue weighted by Crippen LogP contribution is 2.29. The van der Waals surface area contributed by atoms with Gasteiger partial charge in [-0.2, -0.15) is 5.10 Å². The summed E-state index contributed by atoms with van der Waals surface area (Å²) in [5.74, 6) is 1.37. The summed E-state index contributed by atoms with van der Waals surface area (Å²) in [4.78, 5) is 17.3. The first kappa shape index (κ1) is 20.7. The lowest BCUT2D eigenvalue weighted by atomic mass is 10.2. The van der Waals surface area contributed by atoms with Gasteiger partial charge in [-0.25, -0.2) is 4.68 Å². The van der Waals surface area contributed by atoms with Crippen LogP contribution in [0.2, 0.25) is 0 Å². The predicted molar refractivity (Wildman–Crippen MR) is 117 cm³/mol. The molecule has 0 unspecified atom stereocenters. The molecule has 1 fully saturated rings. The molecule has 4 rings (SSSR count). The van der Waals surface area contributed by atoms with E-state index in [1.807, 2.05) is 53.4 Å². The van der Waals surface area contributed by atoms with Gasteiger partial charge in [-0.1, -0.05) is 18.2 Å². The van der Waals surface area contributed by atoms with E-state index in [1.165, 1.54) is 0 Å². The van der Waals surface area contributed by atoms with Gasteiger partial charge in [0.1, 0.15) is 17.2 Å². The number of aromatic nitrogens is 2. The first-order valence-corrected chi connectivity index (χ1v) is 10.2. The molecule has 1 N–H and O–H groups in total. The zero-order valence-electron chi connectivity index (χ0n) is 17.7. The molecule has 162 valence electrons. The van der Waals surface area contributed by atoms with Crippen molar-refractivity contribution in [3.8, 4) is 17.2 Å². The van der Waals surface area contributed by atoms with Gasteiger partial charge in [0.15, 0.2) is 0 Å². The fourth-order valence-electron chi connectivity index (χ4n) is 3.73. The van der Waals surface area contributed by atoms with Crippen molar-refractivity contribution >= 4 is 11.6 Å². The monoisotopic (exact) mass is 422 g/mol. The Morgan fingerprint density at radius 2 is 1.58 bits per heavy atom. The molecule has 8 nitrogen and oxygen atoms in total. The summed E-state index contributed by atoms with van der Waals surface area (Å²) >= 11 is 0. The van der Waals surface area contributed by atoms with Gasteiger partial charge in [0.2, 0.25) is 0 Å². The van der Waals surface area contributed by atoms with Crippen molar-refractivity contribution in [2.45, 2.75) is 6.61 Å². The number of carbonyl (C=O) groups excluding carboxylic acids is 1. The van der Waals surface area contributed by atoms with Crippen molar-refractivity contribution in [1.29, 1.82) is 0 Å². The molecular weight excluding hydrogens is 396 g/mol. The SMILES string of the molecule is COc1cc(OC)cc(N2CCN(C(=O)c3cc(CO)nn3-c3ccccc3)CC2)c1. The number of para-hydroxylation sites is 1. The Hall–Kier alpha value is -3.52. The van der Waals surface area contributed by atoms with E-state index in [0.717, 1.165) is 22.9 Å². The second kappa shape index (κ2) is 9.09. The fourth-order valence-corrected chi connectivity index (χ4v) is 3.73. The molecule has 3 aromatic rings. The van der Waals surface area contributed by atoms with Crippen molar-refractivity contribution in [2.24, 2.45) is 0 Å². The maximum Gasteiger partial charge on any atom is 0.272 e. The standard InChI is InChI=1S/C23H26N4O4/c1-30-20-13-19(14-21(15-20)31-2)25-8-10-26(11-9-25)23(29)22-12-17(16-28)24-27(22)18-6-4-3-5-7-18/h3-7,12-15,28H,8-11,16H2,1-2H3. The average molecular weight is 422 g/mol. The van der Waals surface area contributed by atoms with Crippen LogP contribution in [0.5, 0.6) is 11.5 Å². The summed E-state index contributed by atoms with van der Waals surface area (Å²) < 4.78 is 12.3. The molecule has 1 aromatic heterocycles. The lowest BCUT2D eigenvalue weighted by molar-refractivity contribution is 0.0737. The lowest BCUT2D eigenvalue weighted by Crippen LogP contribution is -2.49. The van der Waals surface area contributed by atoms with Crippen molar-refractivity contribution < 1.29 is 19.4 Å². The molecule has 31 heavy (non-hydrogen) atoms. The summed E-state index contributed by atoms with van der Waals surface area (Å²) in [6, 6.07) is 16.9. The molecule has 0 spiro atoms. The van der Waals surface area contributed by atoms with Crippen LogP contribution >= 0.6 is 0 Å². The smallest absolute Gasteiger partial charge is 0.272 e. The molecule has 1 saturated heterocycles. The maximum absolute atomic E-state index is 13.3. The minimum atomic E-state index is -0.217. The van der Waals surface area contributed by atoms with E-state index in [1.54, 1.807) is 25.0 Å². The predicted octanol–water partition coefficient (Wildman–Crippen LogP) is 2.34. The Morgan fingerprint density at radius 1 is 0.935 bits per heavy atom. The van der Waals surface area contributed by atoms with E-state index < -0.39 is 0 Å². The minimum Gasteiger partial charge on any atom is -0.497 e. The Morgan fingerprint density at radius 3 is 2.16 bits per heavy atom. The van der Waals surface area contributed by atoms with Gasteiger partial charge in [-0.05, 0) is 18.2 Å². The Kier molecular flexibility index (Phi) is 6.08. The largest absolute Gasteiger partial charge is 0.497 e. The molecule has 0 radical (unpaired) electrons. The van der Waals surface area contributed by atoms with Gasteiger partial charge in [-0.15, -0.1) is 0 Å². The van der Waals surface area contributed by atoms with E-state index in [9.17, 15) is 9.90 Å². The van der Waals surface area contributed by atoms with Crippen LogP contribution in [0.25, 0.3) is 5.69 Å². The molecule has 8 heteroatoms. The summed E-state index contributed by atoms with van der Waals surface area (Å²) in [5.41, 5.74) is 2.70. The third kappa shape index (κ3) is 4.34. The van der Waals surface area contributed by atoms with Crippen LogP contribution in [0.4, 0.5) is 5.69 Å². The summed E-state index contributed by atoms with van der Waals surface area (Å²) in [6.07, 6.45) is 0. The summed E-state index contributed by atoms with van der Waals surface area (Å²) in [5, 5.41) is 13.9. The number of hydrogen-bond donors (Lipinski definition) is 1. The normalized spacial score (nSPS) is 13.9. The summed E-state index contributed by atoms with van der Waals surface area (Å²) in [6.45, 7) is 2.31. The number of rotatable bonds is 6. The van der Waals surface area contributed by atoms with Crippen molar-refractivity contribution in [3.05, 3.63) is 66.0 Å². The Balaban J connectivity index is 1.51. The molecule has 0 atom stereocenters. The Labute approximate surface area is 181 Å². The van der Waals surface area contributed by atoms with Gasteiger partial charge < -0.3 is 24.4 Å². The number of anilines is 1. The number of hydrogen-bond acceptors (Lipinski definition) is 6. The molecule has 1 aliphatic rings. The number of amides is 1. The number of ether oxygens (including phenoxy) is 2. The molecule has 1 amide bonds. The first-order chi connectivity index (χ1) is 15.1. The van der Waals surface area contributed by atoms with Gasteiger partial charge in [0.05, 0.1) is 32.2 Å². The Bertz CT molecular complexity index is 1020. The number of nitrogens with zero attached hydrogens (tertiary/aromatic N) is 4. The molecule has 0 saturated carbocycles. The van der Waals surface area contributed by atoms with E-state index in [-0.39, 0.29) is 12.5 Å². The second-order valence-corrected chi connectivity index (χ2v) is 7.28. The molecule has 1 aliphatic heterocycles. The quantitative estimate of drug-likeness (QED) is 0.657. The molecule has 2 heterocycles. The minimum absolute atomic E-state index is 0.0982. The molecular formula is C23H26N4O4. The van der Waals surface area contributed by atoms with E-state index in [4.69, 9.17) is 9.47 Å². The maximum atomic E-state index is 13.3. The lowest BCUT2D eigenvalue weighted by Gasteiger charge is -2.36. The fraction of sp³-hybridized carbons (Fsp3) is 0.304. The van der Waals surface area contributed by atoms with E-state index in [2.05, 4.69) is 10.00 Å². The molecule has 2 aromatic carbocycles. The van der Waals surface area contributed by atoms with Gasteiger partial charge in [-0.3, -0.25) is 4.79 Å². The topological polar surface area (TPSA) is 80.1 Å². The highest BCUT2D eigenvalue weighted by atomic mass is 16.5. The molecule has 0 aliphatic carbocycles. The van der Waals surface area contributed by atoms with Crippen LogP contribution in [0.1, 0.15) is 16.2 Å². The number of aliphatic hydroxyl groups excluding tert-OH is 1. The third-order valence-electron chi connectivity index (χ3n) is 5.41. The van der Waals surface area contributed by atoms with E-state index >= 15 is 0 Å². The number of methoxy groups -OCH3 is 2. The van der Waals surface area contributed by atoms with Crippen LogP contribution in [0.15, 0.2) is 54.6 Å². The average Bonchev–Trinajstić information content (AvgIpc) is 3.28. The van der Waals surface area contributed by atoms with Crippen molar-refractivity contribution in [1.82, 2.24) is 14.7 Å². The van der Waals surface area contributed by atoms with Gasteiger partial charge in [0.25, 0.3) is 5.91 Å². The second-order valence-electron chi connectivity index (χ2n) is 7.28. The third-order valence-corrected chi connectivity index (χ3v) is 5.41. The number of carbonyl (C=O) groups is 1. The first-order valence-electron chi connectivity index (χ1n) is 10.2. The van der Waals surface area contributed by atoms with Crippen molar-refractivity contribution in [2.75, 3.05) is 45.3 Å². The van der Waals surface area contributed by atoms with E-state index in [0.29, 0.717) is 37.6 Å². The van der Waals surface area contributed by atoms with Gasteiger partial charge in [0, 0.05) is 50.1 Å². The number of aliphatic hydroxyl groups is 1. The number of piperazine rings is 1. The van der Waals surface area contributed by atoms with Crippen molar-refractivity contribution in [3.63, 3.8) is 0 Å². The summed E-state index contributed by atoms with van der Waals surface area (Å²) in [7, 11) is 3.26. The number of benzene rings is 2.